The number of rotatable bonds is 12. The van der Waals surface area contributed by atoms with Crippen LogP contribution in [0.5, 0.6) is 0 Å². The van der Waals surface area contributed by atoms with Crippen LogP contribution in [0.15, 0.2) is 77.3 Å². The van der Waals surface area contributed by atoms with Gasteiger partial charge < -0.3 is 10.2 Å². The molecule has 0 fully saturated rings. The molecule has 2 atom stereocenters. The second-order valence-electron chi connectivity index (χ2n) is 10.1. The Hall–Kier alpha value is -3.09. The quantitative estimate of drug-likeness (QED) is 0.236. The molecule has 0 unspecified atom stereocenters. The summed E-state index contributed by atoms with van der Waals surface area (Å²) in [4.78, 5) is 29.0. The van der Waals surface area contributed by atoms with Crippen molar-refractivity contribution < 1.29 is 31.2 Å². The summed E-state index contributed by atoms with van der Waals surface area (Å²) in [5.74, 6) is -1.22. The van der Waals surface area contributed by atoms with E-state index in [0.29, 0.717) is 22.4 Å². The summed E-state index contributed by atoms with van der Waals surface area (Å²) in [5.41, 5.74) is -0.218. The summed E-state index contributed by atoms with van der Waals surface area (Å²) in [6, 6.07) is 17.4. The van der Waals surface area contributed by atoms with E-state index in [1.54, 1.807) is 48.5 Å². The highest BCUT2D eigenvalue weighted by atomic mass is 79.9. The van der Waals surface area contributed by atoms with E-state index in [0.717, 1.165) is 28.4 Å². The number of halogens is 5. The van der Waals surface area contributed by atoms with Crippen molar-refractivity contribution >= 4 is 55.1 Å². The van der Waals surface area contributed by atoms with Crippen LogP contribution in [0.4, 0.5) is 18.9 Å². The Bertz CT molecular complexity index is 1520. The van der Waals surface area contributed by atoms with Gasteiger partial charge in [-0.3, -0.25) is 13.9 Å². The van der Waals surface area contributed by atoms with Crippen molar-refractivity contribution in [1.29, 1.82) is 0 Å². The van der Waals surface area contributed by atoms with E-state index < -0.39 is 51.2 Å². The molecular formula is C30H32BrClF3N3O4S. The number of anilines is 1. The number of nitrogens with zero attached hydrogens (tertiary/aromatic N) is 2. The van der Waals surface area contributed by atoms with Crippen molar-refractivity contribution in [2.45, 2.75) is 51.5 Å². The van der Waals surface area contributed by atoms with Gasteiger partial charge in [0, 0.05) is 23.5 Å². The van der Waals surface area contributed by atoms with Gasteiger partial charge in [0.2, 0.25) is 21.8 Å². The molecule has 7 nitrogen and oxygen atoms in total. The molecule has 0 radical (unpaired) electrons. The van der Waals surface area contributed by atoms with Crippen LogP contribution in [0.3, 0.4) is 0 Å². The second-order valence-corrected chi connectivity index (χ2v) is 13.3. The van der Waals surface area contributed by atoms with Gasteiger partial charge in [0.15, 0.2) is 0 Å². The first-order chi connectivity index (χ1) is 20.1. The van der Waals surface area contributed by atoms with Crippen molar-refractivity contribution in [3.8, 4) is 0 Å². The van der Waals surface area contributed by atoms with E-state index >= 15 is 0 Å². The molecule has 232 valence electrons. The first kappa shape index (κ1) is 34.4. The number of alkyl halides is 3. The van der Waals surface area contributed by atoms with Crippen LogP contribution in [0.25, 0.3) is 0 Å². The summed E-state index contributed by atoms with van der Waals surface area (Å²) in [6.45, 7) is 2.80. The Balaban J connectivity index is 2.10. The Morgan fingerprint density at radius 3 is 2.19 bits per heavy atom. The van der Waals surface area contributed by atoms with Crippen molar-refractivity contribution in [3.05, 3.63) is 99.0 Å². The van der Waals surface area contributed by atoms with Gasteiger partial charge in [0.25, 0.3) is 0 Å². The number of amides is 2. The highest BCUT2D eigenvalue weighted by molar-refractivity contribution is 9.10. The molecule has 0 aliphatic heterocycles. The zero-order valence-corrected chi connectivity index (χ0v) is 26.9. The van der Waals surface area contributed by atoms with Gasteiger partial charge in [-0.2, -0.15) is 13.2 Å². The van der Waals surface area contributed by atoms with Crippen molar-refractivity contribution in [3.63, 3.8) is 0 Å². The Morgan fingerprint density at radius 1 is 1.00 bits per heavy atom. The Labute approximate surface area is 263 Å². The summed E-state index contributed by atoms with van der Waals surface area (Å²) in [6.07, 6.45) is -3.32. The number of hydrogen-bond donors (Lipinski definition) is 1. The average Bonchev–Trinajstić information content (AvgIpc) is 2.94. The van der Waals surface area contributed by atoms with Gasteiger partial charge in [-0.15, -0.1) is 0 Å². The second kappa shape index (κ2) is 14.6. The van der Waals surface area contributed by atoms with E-state index in [-0.39, 0.29) is 24.7 Å². The maximum absolute atomic E-state index is 14.1. The fourth-order valence-corrected chi connectivity index (χ4v) is 5.61. The van der Waals surface area contributed by atoms with Gasteiger partial charge in [-0.05, 0) is 54.8 Å². The number of hydrogen-bond acceptors (Lipinski definition) is 4. The summed E-state index contributed by atoms with van der Waals surface area (Å²) < 4.78 is 67.9. The van der Waals surface area contributed by atoms with Crippen LogP contribution < -0.4 is 9.62 Å². The van der Waals surface area contributed by atoms with E-state index in [9.17, 15) is 31.2 Å². The third kappa shape index (κ3) is 9.70. The maximum atomic E-state index is 14.1. The van der Waals surface area contributed by atoms with E-state index in [4.69, 9.17) is 11.6 Å². The predicted molar refractivity (Wildman–Crippen MR) is 165 cm³/mol. The molecule has 0 bridgehead atoms. The summed E-state index contributed by atoms with van der Waals surface area (Å²) >= 11 is 9.12. The predicted octanol–water partition coefficient (Wildman–Crippen LogP) is 6.44. The molecule has 43 heavy (non-hydrogen) atoms. The monoisotopic (exact) mass is 701 g/mol. The SMILES string of the molecule is CC[C@@H](C)NC(=O)[C@@H](Cc1ccccc1)N(Cc1ccc(Br)cc1)C(=O)CN(c1ccc(Cl)c(C(F)(F)F)c1)S(C)(=O)=O. The molecule has 0 aliphatic carbocycles. The maximum Gasteiger partial charge on any atom is 0.417 e. The van der Waals surface area contributed by atoms with Crippen LogP contribution in [0.1, 0.15) is 37.0 Å². The van der Waals surface area contributed by atoms with Gasteiger partial charge in [-0.1, -0.05) is 76.9 Å². The van der Waals surface area contributed by atoms with Crippen LogP contribution >= 0.6 is 27.5 Å². The Morgan fingerprint density at radius 2 is 1.63 bits per heavy atom. The summed E-state index contributed by atoms with van der Waals surface area (Å²) in [7, 11) is -4.26. The van der Waals surface area contributed by atoms with Gasteiger partial charge in [0.05, 0.1) is 22.5 Å². The van der Waals surface area contributed by atoms with Crippen LogP contribution in [0, 0.1) is 0 Å². The van der Waals surface area contributed by atoms with Gasteiger partial charge >= 0.3 is 6.18 Å². The lowest BCUT2D eigenvalue weighted by atomic mass is 10.0. The highest BCUT2D eigenvalue weighted by Crippen LogP contribution is 2.37. The van der Waals surface area contributed by atoms with Crippen molar-refractivity contribution in [2.75, 3.05) is 17.1 Å². The average molecular weight is 703 g/mol. The molecule has 3 rings (SSSR count). The lowest BCUT2D eigenvalue weighted by molar-refractivity contribution is -0.140. The fourth-order valence-electron chi connectivity index (χ4n) is 4.28. The normalized spacial score (nSPS) is 13.2. The molecule has 0 saturated carbocycles. The minimum Gasteiger partial charge on any atom is -0.352 e. The number of benzene rings is 3. The lowest BCUT2D eigenvalue weighted by Gasteiger charge is -2.34. The minimum atomic E-state index is -4.86. The molecule has 3 aromatic rings. The topological polar surface area (TPSA) is 86.8 Å². The van der Waals surface area contributed by atoms with Crippen molar-refractivity contribution in [2.24, 2.45) is 0 Å². The minimum absolute atomic E-state index is 0.0659. The number of nitrogens with one attached hydrogen (secondary N) is 1. The fraction of sp³-hybridized carbons (Fsp3) is 0.333. The van der Waals surface area contributed by atoms with Crippen molar-refractivity contribution in [1.82, 2.24) is 10.2 Å². The van der Waals surface area contributed by atoms with E-state index in [2.05, 4.69) is 21.2 Å². The van der Waals surface area contributed by atoms with Crippen LogP contribution in [0.2, 0.25) is 5.02 Å². The highest BCUT2D eigenvalue weighted by Gasteiger charge is 2.36. The molecular weight excluding hydrogens is 671 g/mol. The number of carbonyl (C=O) groups is 2. The van der Waals surface area contributed by atoms with Crippen LogP contribution in [-0.2, 0) is 38.8 Å². The molecule has 3 aromatic carbocycles. The third-order valence-electron chi connectivity index (χ3n) is 6.76. The zero-order chi connectivity index (χ0) is 31.9. The smallest absolute Gasteiger partial charge is 0.352 e. The van der Waals surface area contributed by atoms with Gasteiger partial charge in [0.1, 0.15) is 12.6 Å². The molecule has 13 heteroatoms. The molecule has 0 aliphatic rings. The standard InChI is InChI=1S/C30H32BrClF3N3O4S/c1-4-20(2)36-29(40)27(16-21-8-6-5-7-9-21)37(18-22-10-12-23(31)13-11-22)28(39)19-38(43(3,41)42)24-14-15-26(32)25(17-24)30(33,34)35/h5-15,17,20,27H,4,16,18-19H2,1-3H3,(H,36,40)/t20-,27-/m1/s1. The molecule has 0 spiro atoms. The molecule has 0 heterocycles. The number of carbonyl (C=O) groups excluding carboxylic acids is 2. The Kier molecular flexibility index (Phi) is 11.7. The molecule has 0 saturated heterocycles. The van der Waals surface area contributed by atoms with Crippen LogP contribution in [-0.4, -0.2) is 50.0 Å². The first-order valence-electron chi connectivity index (χ1n) is 13.3. The van der Waals surface area contributed by atoms with Gasteiger partial charge in [-0.25, -0.2) is 8.42 Å². The first-order valence-corrected chi connectivity index (χ1v) is 16.3. The zero-order valence-electron chi connectivity index (χ0n) is 23.7. The molecule has 0 aromatic heterocycles. The molecule has 1 N–H and O–H groups in total. The number of sulfonamides is 1. The van der Waals surface area contributed by atoms with E-state index in [1.165, 1.54) is 4.90 Å². The lowest BCUT2D eigenvalue weighted by Crippen LogP contribution is -2.54. The van der Waals surface area contributed by atoms with E-state index in [1.807, 2.05) is 19.9 Å². The third-order valence-corrected chi connectivity index (χ3v) is 8.76. The largest absolute Gasteiger partial charge is 0.417 e. The molecule has 2 amide bonds. The summed E-state index contributed by atoms with van der Waals surface area (Å²) in [5, 5.41) is 2.30.